The van der Waals surface area contributed by atoms with E-state index in [2.05, 4.69) is 20.2 Å². The van der Waals surface area contributed by atoms with Crippen molar-refractivity contribution < 1.29 is 0 Å². The zero-order valence-electron chi connectivity index (χ0n) is 11.4. The highest BCUT2D eigenvalue weighted by atomic mass is 15.2. The SMILES string of the molecule is c1nc2c(c(N3CCC4NCCCC4C3)n1)CCC2. The van der Waals surface area contributed by atoms with E-state index in [-0.39, 0.29) is 0 Å². The van der Waals surface area contributed by atoms with E-state index in [0.29, 0.717) is 0 Å². The smallest absolute Gasteiger partial charge is 0.135 e. The summed E-state index contributed by atoms with van der Waals surface area (Å²) in [5, 5.41) is 3.69. The highest BCUT2D eigenvalue weighted by molar-refractivity contribution is 5.51. The molecular weight excluding hydrogens is 236 g/mol. The van der Waals surface area contributed by atoms with Gasteiger partial charge in [-0.3, -0.25) is 0 Å². The Labute approximate surface area is 114 Å². The van der Waals surface area contributed by atoms with Crippen LogP contribution in [0.5, 0.6) is 0 Å². The van der Waals surface area contributed by atoms with Crippen LogP contribution in [-0.4, -0.2) is 35.6 Å². The van der Waals surface area contributed by atoms with Gasteiger partial charge >= 0.3 is 0 Å². The average Bonchev–Trinajstić information content (AvgIpc) is 2.95. The Balaban J connectivity index is 1.58. The molecule has 0 bridgehead atoms. The lowest BCUT2D eigenvalue weighted by atomic mass is 9.85. The number of piperidine rings is 2. The highest BCUT2D eigenvalue weighted by Crippen LogP contribution is 2.32. The molecule has 2 atom stereocenters. The zero-order chi connectivity index (χ0) is 12.7. The summed E-state index contributed by atoms with van der Waals surface area (Å²) >= 11 is 0. The lowest BCUT2D eigenvalue weighted by Gasteiger charge is -2.42. The molecule has 1 N–H and O–H groups in total. The normalized spacial score (nSPS) is 30.0. The van der Waals surface area contributed by atoms with Crippen LogP contribution < -0.4 is 10.2 Å². The second-order valence-corrected chi connectivity index (χ2v) is 6.17. The zero-order valence-corrected chi connectivity index (χ0v) is 11.4. The minimum Gasteiger partial charge on any atom is -0.356 e. The molecule has 3 heterocycles. The molecule has 2 unspecified atom stereocenters. The van der Waals surface area contributed by atoms with Gasteiger partial charge < -0.3 is 10.2 Å². The summed E-state index contributed by atoms with van der Waals surface area (Å²) in [5.41, 5.74) is 2.73. The van der Waals surface area contributed by atoms with Crippen molar-refractivity contribution in [2.75, 3.05) is 24.5 Å². The molecule has 0 aromatic carbocycles. The molecule has 0 spiro atoms. The van der Waals surface area contributed by atoms with Gasteiger partial charge in [0.1, 0.15) is 12.1 Å². The fraction of sp³-hybridized carbons (Fsp3) is 0.733. The first-order valence-electron chi connectivity index (χ1n) is 7.73. The first-order valence-corrected chi connectivity index (χ1v) is 7.73. The van der Waals surface area contributed by atoms with E-state index in [1.54, 1.807) is 6.33 Å². The van der Waals surface area contributed by atoms with Crippen molar-refractivity contribution in [1.82, 2.24) is 15.3 Å². The van der Waals surface area contributed by atoms with Crippen LogP contribution in [0.2, 0.25) is 0 Å². The fourth-order valence-corrected chi connectivity index (χ4v) is 4.05. The van der Waals surface area contributed by atoms with E-state index in [1.165, 1.54) is 62.3 Å². The van der Waals surface area contributed by atoms with Gasteiger partial charge in [0.05, 0.1) is 0 Å². The van der Waals surface area contributed by atoms with E-state index in [0.717, 1.165) is 24.9 Å². The summed E-state index contributed by atoms with van der Waals surface area (Å²) in [4.78, 5) is 11.6. The quantitative estimate of drug-likeness (QED) is 0.829. The first kappa shape index (κ1) is 11.6. The number of rotatable bonds is 1. The largest absolute Gasteiger partial charge is 0.356 e. The van der Waals surface area contributed by atoms with E-state index in [9.17, 15) is 0 Å². The third-order valence-electron chi connectivity index (χ3n) is 5.04. The number of nitrogens with one attached hydrogen (secondary N) is 1. The molecule has 1 aromatic rings. The molecule has 1 aliphatic carbocycles. The number of aromatic nitrogens is 2. The maximum atomic E-state index is 4.61. The summed E-state index contributed by atoms with van der Waals surface area (Å²) in [6.45, 7) is 3.54. The van der Waals surface area contributed by atoms with Crippen LogP contribution in [0.1, 0.15) is 36.9 Å². The Morgan fingerprint density at radius 2 is 2.16 bits per heavy atom. The Hall–Kier alpha value is -1.16. The van der Waals surface area contributed by atoms with Gasteiger partial charge in [-0.25, -0.2) is 9.97 Å². The van der Waals surface area contributed by atoms with Gasteiger partial charge in [-0.1, -0.05) is 0 Å². The molecule has 102 valence electrons. The van der Waals surface area contributed by atoms with E-state index < -0.39 is 0 Å². The summed E-state index contributed by atoms with van der Waals surface area (Å²) in [6, 6.07) is 0.750. The van der Waals surface area contributed by atoms with Crippen LogP contribution in [0.4, 0.5) is 5.82 Å². The summed E-state index contributed by atoms with van der Waals surface area (Å²) in [7, 11) is 0. The molecule has 4 nitrogen and oxygen atoms in total. The predicted molar refractivity (Wildman–Crippen MR) is 75.4 cm³/mol. The van der Waals surface area contributed by atoms with Crippen molar-refractivity contribution in [2.24, 2.45) is 5.92 Å². The predicted octanol–water partition coefficient (Wildman–Crippen LogP) is 1.54. The van der Waals surface area contributed by atoms with Gasteiger partial charge in [0.2, 0.25) is 0 Å². The highest BCUT2D eigenvalue weighted by Gasteiger charge is 2.32. The Morgan fingerprint density at radius 3 is 3.16 bits per heavy atom. The third-order valence-corrected chi connectivity index (χ3v) is 5.04. The minimum absolute atomic E-state index is 0.750. The molecule has 19 heavy (non-hydrogen) atoms. The minimum atomic E-state index is 0.750. The van der Waals surface area contributed by atoms with Gasteiger partial charge in [0.15, 0.2) is 0 Å². The van der Waals surface area contributed by atoms with Crippen LogP contribution in [0.3, 0.4) is 0 Å². The maximum Gasteiger partial charge on any atom is 0.135 e. The summed E-state index contributed by atoms with van der Waals surface area (Å²) in [5.74, 6) is 2.06. The molecule has 3 aliphatic rings. The molecular formula is C15H22N4. The Bertz CT molecular complexity index is 473. The lowest BCUT2D eigenvalue weighted by Crippen LogP contribution is -2.52. The first-order chi connectivity index (χ1) is 9.42. The molecule has 0 saturated carbocycles. The monoisotopic (exact) mass is 258 g/mol. The van der Waals surface area contributed by atoms with Gasteiger partial charge in [-0.15, -0.1) is 0 Å². The molecule has 4 rings (SSSR count). The van der Waals surface area contributed by atoms with Crippen LogP contribution in [0.15, 0.2) is 6.33 Å². The number of fused-ring (bicyclic) bond motifs is 2. The summed E-state index contributed by atoms with van der Waals surface area (Å²) < 4.78 is 0. The van der Waals surface area contributed by atoms with E-state index >= 15 is 0 Å². The van der Waals surface area contributed by atoms with Gasteiger partial charge in [0, 0.05) is 30.4 Å². The van der Waals surface area contributed by atoms with Gasteiger partial charge in [0.25, 0.3) is 0 Å². The van der Waals surface area contributed by atoms with Crippen LogP contribution >= 0.6 is 0 Å². The number of hydrogen-bond acceptors (Lipinski definition) is 4. The van der Waals surface area contributed by atoms with Crippen molar-refractivity contribution in [1.29, 1.82) is 0 Å². The van der Waals surface area contributed by atoms with Gasteiger partial charge in [-0.05, 0) is 51.0 Å². The number of nitrogens with zero attached hydrogens (tertiary/aromatic N) is 3. The number of anilines is 1. The van der Waals surface area contributed by atoms with Crippen molar-refractivity contribution in [3.8, 4) is 0 Å². The standard InChI is InChI=1S/C15H22N4/c1-4-12-14(5-1)17-10-18-15(12)19-8-6-13-11(9-19)3-2-7-16-13/h10-11,13,16H,1-9H2. The molecule has 2 aliphatic heterocycles. The van der Waals surface area contributed by atoms with E-state index in [1.807, 2.05) is 0 Å². The lowest BCUT2D eigenvalue weighted by molar-refractivity contribution is 0.243. The topological polar surface area (TPSA) is 41.1 Å². The Kier molecular flexibility index (Phi) is 2.91. The van der Waals surface area contributed by atoms with Gasteiger partial charge in [-0.2, -0.15) is 0 Å². The van der Waals surface area contributed by atoms with Crippen molar-refractivity contribution in [3.05, 3.63) is 17.6 Å². The van der Waals surface area contributed by atoms with E-state index in [4.69, 9.17) is 0 Å². The van der Waals surface area contributed by atoms with Crippen molar-refractivity contribution in [2.45, 2.75) is 44.6 Å². The second-order valence-electron chi connectivity index (χ2n) is 6.17. The molecule has 1 aromatic heterocycles. The third kappa shape index (κ3) is 2.02. The Morgan fingerprint density at radius 1 is 1.16 bits per heavy atom. The van der Waals surface area contributed by atoms with Crippen LogP contribution in [0.25, 0.3) is 0 Å². The number of hydrogen-bond donors (Lipinski definition) is 1. The molecule has 0 radical (unpaired) electrons. The average molecular weight is 258 g/mol. The summed E-state index contributed by atoms with van der Waals surface area (Å²) in [6.07, 6.45) is 9.32. The van der Waals surface area contributed by atoms with Crippen LogP contribution in [0, 0.1) is 5.92 Å². The molecule has 2 saturated heterocycles. The van der Waals surface area contributed by atoms with Crippen molar-refractivity contribution in [3.63, 3.8) is 0 Å². The molecule has 4 heteroatoms. The van der Waals surface area contributed by atoms with Crippen molar-refractivity contribution >= 4 is 5.82 Å². The fourth-order valence-electron chi connectivity index (χ4n) is 4.05. The number of aryl methyl sites for hydroxylation is 1. The van der Waals surface area contributed by atoms with Crippen LogP contribution in [-0.2, 0) is 12.8 Å². The second kappa shape index (κ2) is 4.75. The molecule has 0 amide bonds. The molecule has 2 fully saturated rings. The maximum absolute atomic E-state index is 4.61.